The van der Waals surface area contributed by atoms with E-state index in [1.807, 2.05) is 12.2 Å². The topological polar surface area (TPSA) is 177 Å². The van der Waals surface area contributed by atoms with Crippen molar-refractivity contribution in [2.24, 2.45) is 29.6 Å². The maximum absolute atomic E-state index is 13.1. The highest BCUT2D eigenvalue weighted by Crippen LogP contribution is 2.55. The summed E-state index contributed by atoms with van der Waals surface area (Å²) < 4.78 is 32.3. The van der Waals surface area contributed by atoms with E-state index in [4.69, 9.17) is 23.7 Å². The van der Waals surface area contributed by atoms with Crippen molar-refractivity contribution in [3.63, 3.8) is 0 Å². The van der Waals surface area contributed by atoms with Gasteiger partial charge in [0.25, 0.3) is 0 Å². The second-order valence-corrected chi connectivity index (χ2v) is 16.9. The molecule has 54 heavy (non-hydrogen) atoms. The minimum absolute atomic E-state index is 0.0303. The lowest BCUT2D eigenvalue weighted by molar-refractivity contribution is -0.377. The number of aliphatic hydroxyl groups is 3. The molecule has 1 spiro atoms. The Bertz CT molecular complexity index is 1780. The van der Waals surface area contributed by atoms with Gasteiger partial charge in [0.1, 0.15) is 23.6 Å². The van der Waals surface area contributed by atoms with E-state index in [0.717, 1.165) is 34.7 Å². The Hall–Kier alpha value is -3.00. The number of aliphatic carboxylic acids is 1. The summed E-state index contributed by atoms with van der Waals surface area (Å²) in [6.45, 7) is 2.77. The van der Waals surface area contributed by atoms with Gasteiger partial charge in [0.05, 0.1) is 31.6 Å². The number of carbonyl (C=O) groups is 2. The smallest absolute Gasteiger partial charge is 0.333 e. The van der Waals surface area contributed by atoms with Crippen LogP contribution in [0, 0.1) is 29.6 Å². The number of methoxy groups -OCH3 is 1. The molecule has 11 atom stereocenters. The van der Waals surface area contributed by atoms with Gasteiger partial charge in [-0.3, -0.25) is 4.79 Å². The van der Waals surface area contributed by atoms with Crippen molar-refractivity contribution in [3.05, 3.63) is 46.1 Å². The number of nitrogens with one attached hydrogen (secondary N) is 1. The molecule has 0 radical (unpaired) electrons. The number of carboxylic acid groups (broad SMARTS) is 1. The molecule has 0 aromatic carbocycles. The zero-order chi connectivity index (χ0) is 37.8. The number of aliphatic hydroxyl groups excluding tert-OH is 2. The number of ether oxygens (including phenoxy) is 5. The summed E-state index contributed by atoms with van der Waals surface area (Å²) in [5, 5.41) is 47.1. The lowest BCUT2D eigenvalue weighted by atomic mass is 9.63. The van der Waals surface area contributed by atoms with Crippen molar-refractivity contribution >= 4 is 23.3 Å². The predicted octanol–water partition coefficient (Wildman–Crippen LogP) is 3.32. The average Bonchev–Trinajstić information content (AvgIpc) is 3.57. The number of aromatic amines is 1. The van der Waals surface area contributed by atoms with E-state index in [2.05, 4.69) is 24.1 Å². The highest BCUT2D eigenvalue weighted by Gasteiger charge is 2.70. The molecule has 8 rings (SSSR count). The fourth-order valence-electron chi connectivity index (χ4n) is 11.1. The molecule has 2 saturated carbocycles. The Labute approximate surface area is 316 Å². The fourth-order valence-corrected chi connectivity index (χ4v) is 11.1. The number of hydrogen-bond donors (Lipinski definition) is 5. The molecular weight excluding hydrogens is 694 g/mol. The van der Waals surface area contributed by atoms with Gasteiger partial charge in [0.15, 0.2) is 11.9 Å². The molecule has 4 aliphatic carbocycles. The Morgan fingerprint density at radius 1 is 1.11 bits per heavy atom. The first-order valence-electron chi connectivity index (χ1n) is 20.3. The number of allylic oxidation sites excluding steroid dienone is 1. The molecule has 12 nitrogen and oxygen atoms in total. The summed E-state index contributed by atoms with van der Waals surface area (Å²) in [6, 6.07) is 2.22. The number of fused-ring (bicyclic) bond motifs is 5. The minimum Gasteiger partial charge on any atom is -0.481 e. The summed E-state index contributed by atoms with van der Waals surface area (Å²) in [4.78, 5) is 29.1. The molecule has 4 heterocycles. The minimum atomic E-state index is -1.89. The van der Waals surface area contributed by atoms with Gasteiger partial charge in [-0.1, -0.05) is 44.4 Å². The third-order valence-electron chi connectivity index (χ3n) is 14.0. The van der Waals surface area contributed by atoms with E-state index in [1.165, 1.54) is 39.2 Å². The van der Waals surface area contributed by atoms with Crippen LogP contribution in [0.15, 0.2) is 29.9 Å². The summed E-state index contributed by atoms with van der Waals surface area (Å²) in [7, 11) is 1.30. The Kier molecular flexibility index (Phi) is 10.6. The van der Waals surface area contributed by atoms with Crippen molar-refractivity contribution in [2.45, 2.75) is 132 Å². The standard InChI is InChI=1S/C42H57NO11/c1-23(24-9-4-3-5-10-24)32-20-30-31-15-16-41(49)39(48)42(31,54-33(14-7-17-44)36(30)43-32)34-22-51-18-8-12-25-11-6-13-26-28(21-35(45)46)29(38(47)50-2)19-27(25)37(26)53-40(41)52-34/h6,13,19-20,23-28,34,37,39-40,43-44,48-49H,3-5,7-12,14-18,21-22H2,1-2H3,(H,45,46)/t23-,25-,26-,27-,28+,34-,37+,39-,40+,41-,42-/m1/s1. The van der Waals surface area contributed by atoms with Crippen LogP contribution in [0.5, 0.6) is 0 Å². The molecule has 0 amide bonds. The molecule has 2 saturated heterocycles. The van der Waals surface area contributed by atoms with Gasteiger partial charge >= 0.3 is 11.9 Å². The first-order valence-corrected chi connectivity index (χ1v) is 20.3. The molecular formula is C42H57NO11. The molecule has 1 aromatic rings. The van der Waals surface area contributed by atoms with Gasteiger partial charge in [0, 0.05) is 53.9 Å². The maximum atomic E-state index is 13.1. The van der Waals surface area contributed by atoms with Gasteiger partial charge in [-0.05, 0) is 80.8 Å². The fraction of sp³-hybridized carbons (Fsp3) is 0.714. The number of carboxylic acids is 1. The van der Waals surface area contributed by atoms with Gasteiger partial charge < -0.3 is 49.1 Å². The second kappa shape index (κ2) is 15.2. The van der Waals surface area contributed by atoms with Crippen LogP contribution in [0.25, 0.3) is 11.3 Å². The van der Waals surface area contributed by atoms with Crippen molar-refractivity contribution in [2.75, 3.05) is 26.9 Å². The monoisotopic (exact) mass is 751 g/mol. The Morgan fingerprint density at radius 3 is 2.69 bits per heavy atom. The number of esters is 1. The highest BCUT2D eigenvalue weighted by atomic mass is 16.7. The third kappa shape index (κ3) is 6.29. The maximum Gasteiger partial charge on any atom is 0.333 e. The number of rotatable bonds is 8. The highest BCUT2D eigenvalue weighted by molar-refractivity contribution is 5.90. The molecule has 296 valence electrons. The van der Waals surface area contributed by atoms with Crippen LogP contribution in [-0.2, 0) is 33.3 Å². The molecule has 3 aliphatic heterocycles. The summed E-state index contributed by atoms with van der Waals surface area (Å²) in [5.41, 5.74) is -1.06. The average molecular weight is 752 g/mol. The first kappa shape index (κ1) is 37.9. The lowest BCUT2D eigenvalue weighted by Gasteiger charge is -2.61. The van der Waals surface area contributed by atoms with Gasteiger partial charge in [-0.15, -0.1) is 0 Å². The van der Waals surface area contributed by atoms with Crippen molar-refractivity contribution in [1.82, 2.24) is 4.98 Å². The molecule has 0 unspecified atom stereocenters. The quantitative estimate of drug-likeness (QED) is 0.195. The largest absolute Gasteiger partial charge is 0.481 e. The summed E-state index contributed by atoms with van der Waals surface area (Å²) >= 11 is 0. The predicted molar refractivity (Wildman–Crippen MR) is 196 cm³/mol. The zero-order valence-corrected chi connectivity index (χ0v) is 31.5. The number of hydrogen-bond acceptors (Lipinski definition) is 10. The van der Waals surface area contributed by atoms with E-state index in [0.29, 0.717) is 55.5 Å². The van der Waals surface area contributed by atoms with E-state index in [1.54, 1.807) is 0 Å². The van der Waals surface area contributed by atoms with Gasteiger partial charge in [0.2, 0.25) is 0 Å². The normalized spacial score (nSPS) is 38.4. The van der Waals surface area contributed by atoms with Crippen LogP contribution in [0.4, 0.5) is 0 Å². The van der Waals surface area contributed by atoms with E-state index in [9.17, 15) is 30.0 Å². The van der Waals surface area contributed by atoms with Crippen LogP contribution >= 0.6 is 0 Å². The molecule has 8 bridgehead atoms. The third-order valence-corrected chi connectivity index (χ3v) is 14.0. The molecule has 12 heteroatoms. The van der Waals surface area contributed by atoms with Crippen LogP contribution in [0.3, 0.4) is 0 Å². The first-order chi connectivity index (χ1) is 26.1. The molecule has 1 aromatic heterocycles. The van der Waals surface area contributed by atoms with E-state index < -0.39 is 59.6 Å². The molecule has 4 fully saturated rings. The summed E-state index contributed by atoms with van der Waals surface area (Å²) in [6.07, 6.45) is 11.0. The van der Waals surface area contributed by atoms with Gasteiger partial charge in [-0.25, -0.2) is 4.79 Å². The number of H-pyrrole nitrogens is 1. The van der Waals surface area contributed by atoms with Crippen LogP contribution in [0.2, 0.25) is 0 Å². The Balaban J connectivity index is 1.22. The van der Waals surface area contributed by atoms with Crippen LogP contribution in [-0.4, -0.2) is 100 Å². The zero-order valence-electron chi connectivity index (χ0n) is 31.5. The van der Waals surface area contributed by atoms with Crippen LogP contribution < -0.4 is 10.6 Å². The van der Waals surface area contributed by atoms with Gasteiger partial charge in [-0.2, -0.15) is 0 Å². The van der Waals surface area contributed by atoms with E-state index >= 15 is 0 Å². The van der Waals surface area contributed by atoms with Crippen LogP contribution in [0.1, 0.15) is 102 Å². The lowest BCUT2D eigenvalue weighted by Crippen LogP contribution is -2.78. The molecule has 7 aliphatic rings. The summed E-state index contributed by atoms with van der Waals surface area (Å²) in [5.74, 6) is -1.62. The number of aromatic nitrogens is 1. The van der Waals surface area contributed by atoms with Crippen molar-refractivity contribution < 1.29 is 53.7 Å². The SMILES string of the molecule is COC(=O)C1=C[C@@H]2[C@@H]3CC=C[C@@H]([C@@H]2O[C@@H]2O[C@H](COCCC3)[C@]34OC(CCCO)=c5[nH]c([C@H](C)C6CCCCC6)cc5=C3CC[C@@]2(O)[C@H]4O)[C@@H]1CC(=O)O. The second-order valence-electron chi connectivity index (χ2n) is 16.9. The van der Waals surface area contributed by atoms with Crippen molar-refractivity contribution in [3.8, 4) is 0 Å². The number of carbonyl (C=O) groups excluding carboxylic acids is 1. The van der Waals surface area contributed by atoms with Crippen molar-refractivity contribution in [1.29, 1.82) is 0 Å². The molecule has 5 N–H and O–H groups in total. The Morgan fingerprint density at radius 2 is 1.93 bits per heavy atom. The van der Waals surface area contributed by atoms with E-state index in [-0.39, 0.29) is 37.9 Å².